The lowest BCUT2D eigenvalue weighted by molar-refractivity contribution is -0.871. The van der Waals surface area contributed by atoms with Gasteiger partial charge in [0.1, 0.15) is 19.7 Å². The molecule has 21 heteroatoms. The summed E-state index contributed by atoms with van der Waals surface area (Å²) in [5, 5.41) is 68.8. The zero-order valence-corrected chi connectivity index (χ0v) is 14.9. The average Bonchev–Trinajstić information content (AvgIpc) is 3.49. The van der Waals surface area contributed by atoms with Crippen LogP contribution in [0.4, 0.5) is 0 Å². The van der Waals surface area contributed by atoms with E-state index in [0.717, 1.165) is 0 Å². The van der Waals surface area contributed by atoms with Crippen molar-refractivity contribution in [1.29, 1.82) is 0 Å². The van der Waals surface area contributed by atoms with Gasteiger partial charge in [-0.25, -0.2) is 4.74 Å². The monoisotopic (exact) mass is 456 g/mol. The van der Waals surface area contributed by atoms with Crippen LogP contribution in [0.1, 0.15) is 12.8 Å². The first-order valence-electron chi connectivity index (χ1n) is 8.05. The van der Waals surface area contributed by atoms with Crippen molar-refractivity contribution >= 4 is 0 Å². The van der Waals surface area contributed by atoms with E-state index in [1.807, 2.05) is 0 Å². The summed E-state index contributed by atoms with van der Waals surface area (Å²) in [6.07, 6.45) is -12.2. The molecule has 0 spiro atoms. The molecule has 0 radical (unpaired) electrons. The van der Waals surface area contributed by atoms with Gasteiger partial charge in [0.15, 0.2) is 0 Å². The predicted molar refractivity (Wildman–Crippen MR) is 84.8 cm³/mol. The Balaban J connectivity index is 2.76. The molecule has 4 atom stereocenters. The molecule has 2 heterocycles. The Morgan fingerprint density at radius 1 is 0.677 bits per heavy atom. The number of ether oxygens (including phenoxy) is 3. The third-order valence-corrected chi connectivity index (χ3v) is 4.42. The predicted octanol–water partition coefficient (Wildman–Crippen LogP) is -1.71. The topological polar surface area (TPSA) is 293 Å². The summed E-state index contributed by atoms with van der Waals surface area (Å²) in [5.74, 6) is 0. The van der Waals surface area contributed by atoms with Gasteiger partial charge < -0.3 is 9.47 Å². The Hall–Kier alpha value is -3.72. The summed E-state index contributed by atoms with van der Waals surface area (Å²) >= 11 is 0. The molecule has 2 fully saturated rings. The summed E-state index contributed by atoms with van der Waals surface area (Å²) in [6.45, 7) is -0.599. The Morgan fingerprint density at radius 3 is 1.10 bits per heavy atom. The van der Waals surface area contributed by atoms with Gasteiger partial charge in [0.05, 0.1) is 48.1 Å². The van der Waals surface area contributed by atoms with E-state index in [4.69, 9.17) is 4.74 Å². The Bertz CT molecular complexity index is 733. The van der Waals surface area contributed by atoms with Crippen molar-refractivity contribution in [3.05, 3.63) is 60.7 Å². The fourth-order valence-corrected chi connectivity index (χ4v) is 2.95. The van der Waals surface area contributed by atoms with Gasteiger partial charge in [0.2, 0.25) is 0 Å². The molecule has 0 amide bonds. The molecule has 0 aromatic carbocycles. The van der Waals surface area contributed by atoms with Crippen molar-refractivity contribution in [3.63, 3.8) is 0 Å². The first-order valence-corrected chi connectivity index (χ1v) is 8.05. The summed E-state index contributed by atoms with van der Waals surface area (Å²) in [6, 6.07) is 0. The van der Waals surface area contributed by atoms with E-state index in [-0.39, 0.29) is 13.2 Å². The number of epoxide rings is 2. The van der Waals surface area contributed by atoms with Gasteiger partial charge in [-0.15, -0.1) is 0 Å². The van der Waals surface area contributed by atoms with E-state index in [1.54, 1.807) is 0 Å². The minimum absolute atomic E-state index is 0.299. The van der Waals surface area contributed by atoms with Crippen LogP contribution in [0.5, 0.6) is 0 Å². The maximum Gasteiger partial charge on any atom is 0.544 e. The molecule has 2 rings (SSSR count). The highest BCUT2D eigenvalue weighted by Crippen LogP contribution is 2.40. The minimum Gasteiger partial charge on any atom is -0.373 e. The molecule has 2 saturated heterocycles. The van der Waals surface area contributed by atoms with Crippen molar-refractivity contribution < 1.29 is 43.8 Å². The molecule has 0 saturated carbocycles. The van der Waals surface area contributed by atoms with Crippen LogP contribution >= 0.6 is 0 Å². The van der Waals surface area contributed by atoms with Crippen molar-refractivity contribution in [1.82, 2.24) is 0 Å². The van der Waals surface area contributed by atoms with Crippen LogP contribution in [0, 0.1) is 60.7 Å². The third kappa shape index (κ3) is 4.56. The molecule has 4 unspecified atom stereocenters. The summed E-state index contributed by atoms with van der Waals surface area (Å²) in [5.41, 5.74) is -7.86. The van der Waals surface area contributed by atoms with Crippen LogP contribution in [-0.4, -0.2) is 78.7 Å². The third-order valence-electron chi connectivity index (χ3n) is 4.42. The van der Waals surface area contributed by atoms with Gasteiger partial charge in [-0.1, -0.05) is 0 Å². The van der Waals surface area contributed by atoms with Crippen molar-refractivity contribution in [3.8, 4) is 0 Å². The second-order valence-corrected chi connectivity index (χ2v) is 6.51. The lowest BCUT2D eigenvalue weighted by Gasteiger charge is -2.29. The Labute approximate surface area is 167 Å². The van der Waals surface area contributed by atoms with Gasteiger partial charge in [-0.3, -0.25) is 60.7 Å². The fraction of sp³-hybridized carbons (Fsp3) is 1.00. The van der Waals surface area contributed by atoms with Gasteiger partial charge in [-0.05, 0) is 0 Å². The minimum atomic E-state index is -3.93. The molecule has 31 heavy (non-hydrogen) atoms. The summed E-state index contributed by atoms with van der Waals surface area (Å²) in [4.78, 5) is 58.2. The van der Waals surface area contributed by atoms with Gasteiger partial charge >= 0.3 is 23.8 Å². The van der Waals surface area contributed by atoms with Crippen molar-refractivity contribution in [2.75, 3.05) is 13.2 Å². The van der Waals surface area contributed by atoms with Gasteiger partial charge in [-0.2, -0.15) is 0 Å². The van der Waals surface area contributed by atoms with E-state index in [9.17, 15) is 60.7 Å². The lowest BCUT2D eigenvalue weighted by Crippen LogP contribution is -2.69. The largest absolute Gasteiger partial charge is 0.544 e. The van der Waals surface area contributed by atoms with E-state index in [1.165, 1.54) is 0 Å². The maximum atomic E-state index is 11.8. The molecule has 2 aliphatic rings. The average molecular weight is 456 g/mol. The zero-order valence-electron chi connectivity index (χ0n) is 14.9. The molecule has 0 N–H and O–H groups in total. The summed E-state index contributed by atoms with van der Waals surface area (Å²) < 4.78 is 14.0. The normalized spacial score (nSPS) is 23.4. The SMILES string of the molecule is O=[N+]([O-])C([N+](=O)[O-])C(CC1CO1)(OC(CC1CO1)(C([N+](=O)[O-])[N+](=O)[O-])[N+](=O)[O-])[N+](=O)[O-]. The van der Waals surface area contributed by atoms with Gasteiger partial charge in [0.25, 0.3) is 0 Å². The lowest BCUT2D eigenvalue weighted by atomic mass is 9.99. The zero-order chi connectivity index (χ0) is 23.7. The standard InChI is InChI=1S/C10H12N6O15/c17-11(18)7(12(19)20)9(15(25)26,1-5-3-29-5)31-10(16(27)28,2-6-4-30-6)8(13(21)22)14(23)24/h5-8H,1-4H2. The molecular weight excluding hydrogens is 444 g/mol. The van der Waals surface area contributed by atoms with E-state index < -0.39 is 78.4 Å². The Kier molecular flexibility index (Phi) is 6.23. The number of rotatable bonds is 14. The summed E-state index contributed by atoms with van der Waals surface area (Å²) in [7, 11) is 0. The Morgan fingerprint density at radius 2 is 0.935 bits per heavy atom. The second kappa shape index (κ2) is 8.19. The highest BCUT2D eigenvalue weighted by atomic mass is 16.8. The van der Waals surface area contributed by atoms with Crippen molar-refractivity contribution in [2.24, 2.45) is 0 Å². The number of hydrogen-bond donors (Lipinski definition) is 0. The van der Waals surface area contributed by atoms with Crippen LogP contribution in [0.2, 0.25) is 0 Å². The number of hydrogen-bond acceptors (Lipinski definition) is 15. The van der Waals surface area contributed by atoms with E-state index >= 15 is 0 Å². The molecule has 172 valence electrons. The van der Waals surface area contributed by atoms with E-state index in [2.05, 4.69) is 9.47 Å². The quantitative estimate of drug-likeness (QED) is 0.121. The highest BCUT2D eigenvalue weighted by molar-refractivity contribution is 4.89. The molecule has 0 aromatic rings. The van der Waals surface area contributed by atoms with Crippen LogP contribution in [0.3, 0.4) is 0 Å². The molecule has 0 aromatic heterocycles. The van der Waals surface area contributed by atoms with Crippen LogP contribution < -0.4 is 0 Å². The maximum absolute atomic E-state index is 11.8. The second-order valence-electron chi connectivity index (χ2n) is 6.51. The highest BCUT2D eigenvalue weighted by Gasteiger charge is 2.81. The molecular formula is C10H12N6O15. The van der Waals surface area contributed by atoms with Gasteiger partial charge in [0, 0.05) is 0 Å². The van der Waals surface area contributed by atoms with Crippen molar-refractivity contribution in [2.45, 2.75) is 48.8 Å². The fourth-order valence-electron chi connectivity index (χ4n) is 2.95. The molecule has 0 aliphatic carbocycles. The number of nitrogens with zero attached hydrogens (tertiary/aromatic N) is 6. The molecule has 0 bridgehead atoms. The molecule has 2 aliphatic heterocycles. The number of nitro groups is 6. The first-order chi connectivity index (χ1) is 14.3. The van der Waals surface area contributed by atoms with Crippen LogP contribution in [0.25, 0.3) is 0 Å². The van der Waals surface area contributed by atoms with Crippen LogP contribution in [0.15, 0.2) is 0 Å². The van der Waals surface area contributed by atoms with Crippen LogP contribution in [-0.2, 0) is 14.2 Å². The van der Waals surface area contributed by atoms with E-state index in [0.29, 0.717) is 0 Å². The first kappa shape index (κ1) is 23.6. The molecule has 21 nitrogen and oxygen atoms in total. The smallest absolute Gasteiger partial charge is 0.373 e.